The Morgan fingerprint density at radius 2 is 2.21 bits per heavy atom. The van der Waals surface area contributed by atoms with Crippen molar-refractivity contribution in [3.05, 3.63) is 0 Å². The van der Waals surface area contributed by atoms with E-state index >= 15 is 0 Å². The SMILES string of the molecule is CC1(NS(=O)(=O)CC2CCCN2)CC1. The van der Waals surface area contributed by atoms with Gasteiger partial charge in [0.25, 0.3) is 0 Å². The topological polar surface area (TPSA) is 58.2 Å². The second-order valence-corrected chi connectivity index (χ2v) is 6.50. The second-order valence-electron chi connectivity index (χ2n) is 4.74. The second kappa shape index (κ2) is 3.47. The Morgan fingerprint density at radius 1 is 1.50 bits per heavy atom. The van der Waals surface area contributed by atoms with Gasteiger partial charge in [0.1, 0.15) is 0 Å². The van der Waals surface area contributed by atoms with Gasteiger partial charge in [0.2, 0.25) is 10.0 Å². The lowest BCUT2D eigenvalue weighted by atomic mass is 10.3. The Bertz CT molecular complexity index is 303. The molecule has 0 amide bonds. The van der Waals surface area contributed by atoms with Crippen molar-refractivity contribution in [3.8, 4) is 0 Å². The third-order valence-electron chi connectivity index (χ3n) is 2.98. The van der Waals surface area contributed by atoms with Gasteiger partial charge < -0.3 is 5.32 Å². The van der Waals surface area contributed by atoms with Crippen LogP contribution in [0.3, 0.4) is 0 Å². The average Bonchev–Trinajstić information content (AvgIpc) is 2.60. The molecule has 0 aromatic carbocycles. The molecule has 1 unspecified atom stereocenters. The van der Waals surface area contributed by atoms with Gasteiger partial charge in [-0.15, -0.1) is 0 Å². The van der Waals surface area contributed by atoms with Gasteiger partial charge >= 0.3 is 0 Å². The van der Waals surface area contributed by atoms with Crippen LogP contribution in [-0.2, 0) is 10.0 Å². The number of hydrogen-bond donors (Lipinski definition) is 2. The van der Waals surface area contributed by atoms with E-state index in [2.05, 4.69) is 10.0 Å². The first-order valence-electron chi connectivity index (χ1n) is 5.24. The number of nitrogens with one attached hydrogen (secondary N) is 2. The fourth-order valence-corrected chi connectivity index (χ4v) is 3.72. The molecule has 0 spiro atoms. The van der Waals surface area contributed by atoms with Crippen LogP contribution in [-0.4, -0.2) is 32.3 Å². The molecule has 2 fully saturated rings. The Labute approximate surface area is 85.5 Å². The maximum Gasteiger partial charge on any atom is 0.213 e. The lowest BCUT2D eigenvalue weighted by molar-refractivity contribution is 0.543. The van der Waals surface area contributed by atoms with Crippen LogP contribution in [0.5, 0.6) is 0 Å². The maximum atomic E-state index is 11.7. The van der Waals surface area contributed by atoms with E-state index < -0.39 is 10.0 Å². The standard InChI is InChI=1S/C9H18N2O2S/c1-9(4-5-9)11-14(12,13)7-8-3-2-6-10-8/h8,10-11H,2-7H2,1H3. The van der Waals surface area contributed by atoms with Crippen molar-refractivity contribution in [1.82, 2.24) is 10.0 Å². The third kappa shape index (κ3) is 2.68. The number of rotatable bonds is 4. The molecule has 0 bridgehead atoms. The van der Waals surface area contributed by atoms with Crippen LogP contribution in [0.15, 0.2) is 0 Å². The molecule has 2 rings (SSSR count). The molecule has 0 aromatic heterocycles. The van der Waals surface area contributed by atoms with Gasteiger partial charge in [0, 0.05) is 11.6 Å². The summed E-state index contributed by atoms with van der Waals surface area (Å²) in [6.45, 7) is 2.92. The van der Waals surface area contributed by atoms with E-state index in [9.17, 15) is 8.42 Å². The van der Waals surface area contributed by atoms with E-state index in [0.717, 1.165) is 32.2 Å². The normalized spacial score (nSPS) is 30.5. The van der Waals surface area contributed by atoms with E-state index in [-0.39, 0.29) is 17.3 Å². The first-order chi connectivity index (χ1) is 6.49. The maximum absolute atomic E-state index is 11.7. The van der Waals surface area contributed by atoms with Crippen LogP contribution < -0.4 is 10.0 Å². The summed E-state index contributed by atoms with van der Waals surface area (Å²) in [4.78, 5) is 0. The summed E-state index contributed by atoms with van der Waals surface area (Å²) >= 11 is 0. The first kappa shape index (κ1) is 10.4. The molecule has 14 heavy (non-hydrogen) atoms. The summed E-state index contributed by atoms with van der Waals surface area (Å²) < 4.78 is 26.1. The van der Waals surface area contributed by atoms with Crippen molar-refractivity contribution in [2.45, 2.75) is 44.2 Å². The minimum absolute atomic E-state index is 0.128. The van der Waals surface area contributed by atoms with Gasteiger partial charge in [-0.05, 0) is 39.2 Å². The highest BCUT2D eigenvalue weighted by atomic mass is 32.2. The first-order valence-corrected chi connectivity index (χ1v) is 6.89. The minimum atomic E-state index is -3.07. The van der Waals surface area contributed by atoms with Crippen molar-refractivity contribution in [3.63, 3.8) is 0 Å². The molecular weight excluding hydrogens is 200 g/mol. The highest BCUT2D eigenvalue weighted by Crippen LogP contribution is 2.35. The lowest BCUT2D eigenvalue weighted by Gasteiger charge is -2.15. The van der Waals surface area contributed by atoms with Crippen molar-refractivity contribution in [1.29, 1.82) is 0 Å². The molecule has 5 heteroatoms. The molecule has 1 atom stereocenters. The quantitative estimate of drug-likeness (QED) is 0.709. The molecule has 1 saturated carbocycles. The molecule has 0 aromatic rings. The molecule has 2 aliphatic rings. The zero-order valence-electron chi connectivity index (χ0n) is 8.54. The molecule has 82 valence electrons. The van der Waals surface area contributed by atoms with E-state index in [0.29, 0.717) is 0 Å². The summed E-state index contributed by atoms with van der Waals surface area (Å²) in [6.07, 6.45) is 4.03. The summed E-state index contributed by atoms with van der Waals surface area (Å²) in [5.74, 6) is 0.239. The molecule has 1 saturated heterocycles. The van der Waals surface area contributed by atoms with E-state index in [4.69, 9.17) is 0 Å². The summed E-state index contributed by atoms with van der Waals surface area (Å²) in [5, 5.41) is 3.20. The van der Waals surface area contributed by atoms with Gasteiger partial charge in [0.15, 0.2) is 0 Å². The van der Waals surface area contributed by atoms with Gasteiger partial charge in [0.05, 0.1) is 5.75 Å². The lowest BCUT2D eigenvalue weighted by Crippen LogP contribution is -2.41. The van der Waals surface area contributed by atoms with Crippen LogP contribution >= 0.6 is 0 Å². The smallest absolute Gasteiger partial charge is 0.213 e. The third-order valence-corrected chi connectivity index (χ3v) is 4.63. The monoisotopic (exact) mass is 218 g/mol. The molecule has 0 radical (unpaired) electrons. The minimum Gasteiger partial charge on any atom is -0.313 e. The molecular formula is C9H18N2O2S. The van der Waals surface area contributed by atoms with Crippen molar-refractivity contribution in [2.24, 2.45) is 0 Å². The summed E-state index contributed by atoms with van der Waals surface area (Å²) in [7, 11) is -3.07. The Kier molecular flexibility index (Phi) is 2.57. The number of hydrogen-bond acceptors (Lipinski definition) is 3. The Hall–Kier alpha value is -0.130. The molecule has 4 nitrogen and oxygen atoms in total. The van der Waals surface area contributed by atoms with Crippen molar-refractivity contribution in [2.75, 3.05) is 12.3 Å². The fraction of sp³-hybridized carbons (Fsp3) is 1.00. The summed E-state index contributed by atoms with van der Waals surface area (Å²) in [5.41, 5.74) is -0.128. The molecule has 1 heterocycles. The van der Waals surface area contributed by atoms with E-state index in [1.807, 2.05) is 6.92 Å². The van der Waals surface area contributed by atoms with Crippen molar-refractivity contribution < 1.29 is 8.42 Å². The van der Waals surface area contributed by atoms with Gasteiger partial charge in [-0.3, -0.25) is 0 Å². The predicted octanol–water partition coefficient (Wildman–Crippen LogP) is 0.210. The van der Waals surface area contributed by atoms with Gasteiger partial charge in [-0.25, -0.2) is 13.1 Å². The van der Waals surface area contributed by atoms with E-state index in [1.165, 1.54) is 0 Å². The zero-order valence-corrected chi connectivity index (χ0v) is 9.36. The molecule has 1 aliphatic heterocycles. The fourth-order valence-electron chi connectivity index (χ4n) is 1.87. The van der Waals surface area contributed by atoms with Crippen molar-refractivity contribution >= 4 is 10.0 Å². The van der Waals surface area contributed by atoms with Crippen LogP contribution in [0.1, 0.15) is 32.6 Å². The zero-order chi connectivity index (χ0) is 10.2. The van der Waals surface area contributed by atoms with Crippen LogP contribution in [0.4, 0.5) is 0 Å². The van der Waals surface area contributed by atoms with E-state index in [1.54, 1.807) is 0 Å². The van der Waals surface area contributed by atoms with Gasteiger partial charge in [-0.2, -0.15) is 0 Å². The summed E-state index contributed by atoms with van der Waals surface area (Å²) in [6, 6.07) is 0.162. The Balaban J connectivity index is 1.88. The van der Waals surface area contributed by atoms with Crippen LogP contribution in [0.2, 0.25) is 0 Å². The predicted molar refractivity (Wildman–Crippen MR) is 55.6 cm³/mol. The molecule has 1 aliphatic carbocycles. The number of sulfonamides is 1. The Morgan fingerprint density at radius 3 is 2.71 bits per heavy atom. The average molecular weight is 218 g/mol. The van der Waals surface area contributed by atoms with Crippen LogP contribution in [0, 0.1) is 0 Å². The highest BCUT2D eigenvalue weighted by Gasteiger charge is 2.41. The molecule has 2 N–H and O–H groups in total. The van der Waals surface area contributed by atoms with Gasteiger partial charge in [-0.1, -0.05) is 0 Å². The highest BCUT2D eigenvalue weighted by molar-refractivity contribution is 7.89. The largest absolute Gasteiger partial charge is 0.313 e. The van der Waals surface area contributed by atoms with Crippen LogP contribution in [0.25, 0.3) is 0 Å².